The Kier molecular flexibility index (Phi) is 3.57. The van der Waals surface area contributed by atoms with Crippen LogP contribution in [0.1, 0.15) is 15.9 Å². The van der Waals surface area contributed by atoms with Gasteiger partial charge < -0.3 is 10.2 Å². The third-order valence-corrected chi connectivity index (χ3v) is 1.45. The van der Waals surface area contributed by atoms with Gasteiger partial charge in [0.15, 0.2) is 0 Å². The van der Waals surface area contributed by atoms with E-state index in [0.29, 0.717) is 5.56 Å². The van der Waals surface area contributed by atoms with Crippen LogP contribution in [0.4, 0.5) is 0 Å². The highest BCUT2D eigenvalue weighted by Gasteiger charge is 2.06. The highest BCUT2D eigenvalue weighted by Crippen LogP contribution is 2.15. The van der Waals surface area contributed by atoms with Gasteiger partial charge >= 0.3 is 5.97 Å². The van der Waals surface area contributed by atoms with Gasteiger partial charge in [0.05, 0.1) is 5.56 Å². The van der Waals surface area contributed by atoms with E-state index in [9.17, 15) is 4.79 Å². The topological polar surface area (TPSA) is 57.5 Å². The second-order valence-electron chi connectivity index (χ2n) is 2.30. The molecule has 1 aromatic rings. The summed E-state index contributed by atoms with van der Waals surface area (Å²) >= 11 is 0. The van der Waals surface area contributed by atoms with E-state index in [0.717, 1.165) is 0 Å². The van der Waals surface area contributed by atoms with E-state index in [2.05, 4.69) is 0 Å². The van der Waals surface area contributed by atoms with Gasteiger partial charge in [0, 0.05) is 0 Å². The molecule has 0 aliphatic carbocycles. The summed E-state index contributed by atoms with van der Waals surface area (Å²) in [7, 11) is 0. The zero-order chi connectivity index (χ0) is 8.43. The van der Waals surface area contributed by atoms with Gasteiger partial charge in [-0.2, -0.15) is 0 Å². The van der Waals surface area contributed by atoms with Crippen LogP contribution in [0.25, 0.3) is 0 Å². The summed E-state index contributed by atoms with van der Waals surface area (Å²) in [6, 6.07) is 4.26. The quantitative estimate of drug-likeness (QED) is 0.707. The van der Waals surface area contributed by atoms with Crippen molar-refractivity contribution in [3.63, 3.8) is 0 Å². The van der Waals surface area contributed by atoms with Crippen molar-refractivity contribution >= 4 is 18.4 Å². The van der Waals surface area contributed by atoms with E-state index < -0.39 is 5.97 Å². The minimum Gasteiger partial charge on any atom is -0.508 e. The van der Waals surface area contributed by atoms with E-state index in [1.54, 1.807) is 13.0 Å². The molecule has 66 valence electrons. The number of halogens is 1. The van der Waals surface area contributed by atoms with Crippen molar-refractivity contribution in [1.82, 2.24) is 0 Å². The number of carboxylic acids is 1. The molecule has 0 aliphatic heterocycles. The van der Waals surface area contributed by atoms with Crippen LogP contribution in [0, 0.1) is 6.92 Å². The Morgan fingerprint density at radius 2 is 2.00 bits per heavy atom. The van der Waals surface area contributed by atoms with Crippen molar-refractivity contribution in [3.05, 3.63) is 29.3 Å². The summed E-state index contributed by atoms with van der Waals surface area (Å²) in [5, 5.41) is 17.5. The van der Waals surface area contributed by atoms with Gasteiger partial charge in [-0.25, -0.2) is 4.79 Å². The number of benzene rings is 1. The maximum absolute atomic E-state index is 10.5. The molecule has 0 unspecified atom stereocenters. The number of rotatable bonds is 1. The SMILES string of the molecule is Cc1ccc(O)cc1C(=O)O.Cl. The Morgan fingerprint density at radius 1 is 1.42 bits per heavy atom. The number of hydrogen-bond acceptors (Lipinski definition) is 2. The van der Waals surface area contributed by atoms with Crippen LogP contribution < -0.4 is 0 Å². The van der Waals surface area contributed by atoms with E-state index in [4.69, 9.17) is 10.2 Å². The summed E-state index contributed by atoms with van der Waals surface area (Å²) in [5.41, 5.74) is 0.792. The van der Waals surface area contributed by atoms with Crippen LogP contribution in [0.3, 0.4) is 0 Å². The van der Waals surface area contributed by atoms with Gasteiger partial charge in [-0.1, -0.05) is 6.07 Å². The molecule has 0 radical (unpaired) electrons. The lowest BCUT2D eigenvalue weighted by Crippen LogP contribution is -1.98. The van der Waals surface area contributed by atoms with Crippen LogP contribution >= 0.6 is 12.4 Å². The molecule has 1 aromatic carbocycles. The van der Waals surface area contributed by atoms with Gasteiger partial charge in [0.25, 0.3) is 0 Å². The average Bonchev–Trinajstić information content (AvgIpc) is 1.94. The molecule has 0 aromatic heterocycles. The first-order valence-corrected chi connectivity index (χ1v) is 3.14. The number of aromatic carboxylic acids is 1. The van der Waals surface area contributed by atoms with Gasteiger partial charge in [0.2, 0.25) is 0 Å². The highest BCUT2D eigenvalue weighted by molar-refractivity contribution is 5.89. The number of carbonyl (C=O) groups is 1. The first-order chi connectivity index (χ1) is 5.11. The first-order valence-electron chi connectivity index (χ1n) is 3.14. The van der Waals surface area contributed by atoms with E-state index in [1.165, 1.54) is 12.1 Å². The van der Waals surface area contributed by atoms with Crippen molar-refractivity contribution in [2.24, 2.45) is 0 Å². The van der Waals surface area contributed by atoms with Crippen molar-refractivity contribution < 1.29 is 15.0 Å². The molecular formula is C8H9ClO3. The fourth-order valence-electron chi connectivity index (χ4n) is 0.840. The van der Waals surface area contributed by atoms with Crippen LogP contribution in [-0.2, 0) is 0 Å². The second-order valence-corrected chi connectivity index (χ2v) is 2.30. The molecule has 12 heavy (non-hydrogen) atoms. The van der Waals surface area contributed by atoms with Crippen LogP contribution in [-0.4, -0.2) is 16.2 Å². The lowest BCUT2D eigenvalue weighted by Gasteiger charge is -1.99. The minimum atomic E-state index is -1.02. The van der Waals surface area contributed by atoms with Crippen molar-refractivity contribution in [2.45, 2.75) is 6.92 Å². The fourth-order valence-corrected chi connectivity index (χ4v) is 0.840. The predicted molar refractivity (Wildman–Crippen MR) is 47.1 cm³/mol. The monoisotopic (exact) mass is 188 g/mol. The number of carboxylic acid groups (broad SMARTS) is 1. The molecule has 0 spiro atoms. The molecule has 0 amide bonds. The Hall–Kier alpha value is -1.22. The number of phenolic OH excluding ortho intramolecular Hbond substituents is 1. The van der Waals surface area contributed by atoms with Crippen molar-refractivity contribution in [3.8, 4) is 5.75 Å². The third kappa shape index (κ3) is 2.13. The molecule has 0 saturated heterocycles. The van der Waals surface area contributed by atoms with Gasteiger partial charge in [-0.15, -0.1) is 12.4 Å². The van der Waals surface area contributed by atoms with E-state index >= 15 is 0 Å². The molecule has 4 heteroatoms. The van der Waals surface area contributed by atoms with Crippen LogP contribution in [0.15, 0.2) is 18.2 Å². The Labute approximate surface area is 76.1 Å². The van der Waals surface area contributed by atoms with Gasteiger partial charge in [-0.05, 0) is 24.6 Å². The molecule has 0 aliphatic rings. The fraction of sp³-hybridized carbons (Fsp3) is 0.125. The van der Waals surface area contributed by atoms with Crippen molar-refractivity contribution in [2.75, 3.05) is 0 Å². The molecular weight excluding hydrogens is 180 g/mol. The van der Waals surface area contributed by atoms with Crippen LogP contribution in [0.5, 0.6) is 5.75 Å². The minimum absolute atomic E-state index is 0. The number of aromatic hydroxyl groups is 1. The lowest BCUT2D eigenvalue weighted by molar-refractivity contribution is 0.0695. The molecule has 0 heterocycles. The second kappa shape index (κ2) is 3.97. The average molecular weight is 189 g/mol. The smallest absolute Gasteiger partial charge is 0.336 e. The maximum Gasteiger partial charge on any atom is 0.336 e. The zero-order valence-corrected chi connectivity index (χ0v) is 7.26. The Morgan fingerprint density at radius 3 is 2.42 bits per heavy atom. The van der Waals surface area contributed by atoms with Gasteiger partial charge in [0.1, 0.15) is 5.75 Å². The van der Waals surface area contributed by atoms with E-state index in [1.807, 2.05) is 0 Å². The molecule has 2 N–H and O–H groups in total. The Balaban J connectivity index is 0.00000121. The largest absolute Gasteiger partial charge is 0.508 e. The van der Waals surface area contributed by atoms with Crippen molar-refractivity contribution in [1.29, 1.82) is 0 Å². The summed E-state index contributed by atoms with van der Waals surface area (Å²) < 4.78 is 0. The maximum atomic E-state index is 10.5. The molecule has 0 bridgehead atoms. The summed E-state index contributed by atoms with van der Waals surface area (Å²) in [4.78, 5) is 10.5. The molecule has 0 fully saturated rings. The highest BCUT2D eigenvalue weighted by atomic mass is 35.5. The number of phenols is 1. The normalized spacial score (nSPS) is 8.75. The zero-order valence-electron chi connectivity index (χ0n) is 6.44. The summed E-state index contributed by atoms with van der Waals surface area (Å²) in [5.74, 6) is -1.04. The molecule has 0 saturated carbocycles. The van der Waals surface area contributed by atoms with Gasteiger partial charge in [-0.3, -0.25) is 0 Å². The number of aryl methyl sites for hydroxylation is 1. The molecule has 0 atom stereocenters. The predicted octanol–water partition coefficient (Wildman–Crippen LogP) is 1.82. The lowest BCUT2D eigenvalue weighted by atomic mass is 10.1. The molecule has 3 nitrogen and oxygen atoms in total. The van der Waals surface area contributed by atoms with Crippen LogP contribution in [0.2, 0.25) is 0 Å². The number of hydrogen-bond donors (Lipinski definition) is 2. The Bertz CT molecular complexity index is 296. The first kappa shape index (κ1) is 10.8. The van der Waals surface area contributed by atoms with E-state index in [-0.39, 0.29) is 23.7 Å². The third-order valence-electron chi connectivity index (χ3n) is 1.45. The molecule has 1 rings (SSSR count). The summed E-state index contributed by atoms with van der Waals surface area (Å²) in [6.07, 6.45) is 0. The summed E-state index contributed by atoms with van der Waals surface area (Å²) in [6.45, 7) is 1.68. The standard InChI is InChI=1S/C8H8O3.ClH/c1-5-2-3-6(9)4-7(5)8(10)11;/h2-4,9H,1H3,(H,10,11);1H.